The maximum Gasteiger partial charge on any atom is 0.241 e. The number of amides is 1. The predicted octanol–water partition coefficient (Wildman–Crippen LogP) is 3.11. The molecular formula is C19H21F2N3O. The van der Waals surface area contributed by atoms with E-state index in [2.05, 4.69) is 27.2 Å². The second-order valence-electron chi connectivity index (χ2n) is 6.15. The number of para-hydroxylation sites is 1. The second kappa shape index (κ2) is 7.61. The van der Waals surface area contributed by atoms with E-state index in [0.717, 1.165) is 38.3 Å². The SMILES string of the molecule is C[C@@H](C(=O)Nc1ccc(F)c(F)c1)N1CCN(c2ccccc2)CC1. The van der Waals surface area contributed by atoms with Crippen molar-refractivity contribution in [3.8, 4) is 0 Å². The summed E-state index contributed by atoms with van der Waals surface area (Å²) in [6.07, 6.45) is 0. The Morgan fingerprint density at radius 1 is 1.00 bits per heavy atom. The number of benzene rings is 2. The van der Waals surface area contributed by atoms with E-state index in [4.69, 9.17) is 0 Å². The Morgan fingerprint density at radius 3 is 2.32 bits per heavy atom. The largest absolute Gasteiger partial charge is 0.369 e. The third kappa shape index (κ3) is 4.14. The zero-order chi connectivity index (χ0) is 17.8. The van der Waals surface area contributed by atoms with E-state index in [1.165, 1.54) is 11.8 Å². The summed E-state index contributed by atoms with van der Waals surface area (Å²) >= 11 is 0. The highest BCUT2D eigenvalue weighted by atomic mass is 19.2. The van der Waals surface area contributed by atoms with Crippen molar-refractivity contribution in [2.45, 2.75) is 13.0 Å². The van der Waals surface area contributed by atoms with Crippen molar-refractivity contribution in [2.75, 3.05) is 36.4 Å². The number of hydrogen-bond donors (Lipinski definition) is 1. The molecule has 1 heterocycles. The zero-order valence-electron chi connectivity index (χ0n) is 14.1. The average Bonchev–Trinajstić information content (AvgIpc) is 2.65. The van der Waals surface area contributed by atoms with Crippen molar-refractivity contribution < 1.29 is 13.6 Å². The summed E-state index contributed by atoms with van der Waals surface area (Å²) in [6, 6.07) is 13.2. The minimum Gasteiger partial charge on any atom is -0.369 e. The molecule has 0 radical (unpaired) electrons. The number of carbonyl (C=O) groups excluding carboxylic acids is 1. The molecule has 6 heteroatoms. The van der Waals surface area contributed by atoms with Crippen LogP contribution in [0.1, 0.15) is 6.92 Å². The Balaban J connectivity index is 1.55. The first-order chi connectivity index (χ1) is 12.0. The van der Waals surface area contributed by atoms with E-state index in [-0.39, 0.29) is 17.6 Å². The fourth-order valence-electron chi connectivity index (χ4n) is 2.99. The Bertz CT molecular complexity index is 731. The number of hydrogen-bond acceptors (Lipinski definition) is 3. The third-order valence-electron chi connectivity index (χ3n) is 4.55. The Labute approximate surface area is 146 Å². The van der Waals surface area contributed by atoms with Crippen LogP contribution in [0.2, 0.25) is 0 Å². The molecule has 2 aromatic carbocycles. The predicted molar refractivity (Wildman–Crippen MR) is 94.7 cm³/mol. The van der Waals surface area contributed by atoms with E-state index in [0.29, 0.717) is 0 Å². The summed E-state index contributed by atoms with van der Waals surface area (Å²) in [6.45, 7) is 5.04. The molecule has 0 spiro atoms. The molecule has 1 fully saturated rings. The van der Waals surface area contributed by atoms with E-state index in [1.54, 1.807) is 0 Å². The van der Waals surface area contributed by atoms with Crippen molar-refractivity contribution >= 4 is 17.3 Å². The smallest absolute Gasteiger partial charge is 0.241 e. The van der Waals surface area contributed by atoms with Gasteiger partial charge in [-0.05, 0) is 31.2 Å². The monoisotopic (exact) mass is 345 g/mol. The summed E-state index contributed by atoms with van der Waals surface area (Å²) in [4.78, 5) is 16.8. The minimum atomic E-state index is -0.970. The quantitative estimate of drug-likeness (QED) is 0.925. The molecule has 1 atom stereocenters. The number of halogens is 2. The van der Waals surface area contributed by atoms with Crippen molar-refractivity contribution in [3.63, 3.8) is 0 Å². The van der Waals surface area contributed by atoms with Crippen LogP contribution in [0, 0.1) is 11.6 Å². The number of carbonyl (C=O) groups is 1. The number of anilines is 2. The summed E-state index contributed by atoms with van der Waals surface area (Å²) in [5, 5.41) is 2.65. The summed E-state index contributed by atoms with van der Waals surface area (Å²) in [5.74, 6) is -2.12. The molecule has 3 rings (SSSR count). The highest BCUT2D eigenvalue weighted by Crippen LogP contribution is 2.18. The first kappa shape index (κ1) is 17.4. The fourth-order valence-corrected chi connectivity index (χ4v) is 2.99. The van der Waals surface area contributed by atoms with Gasteiger partial charge in [-0.15, -0.1) is 0 Å². The molecule has 2 aromatic rings. The van der Waals surface area contributed by atoms with Gasteiger partial charge >= 0.3 is 0 Å². The zero-order valence-corrected chi connectivity index (χ0v) is 14.1. The summed E-state index contributed by atoms with van der Waals surface area (Å²) in [5.41, 5.74) is 1.44. The van der Waals surface area contributed by atoms with Crippen LogP contribution in [0.3, 0.4) is 0 Å². The van der Waals surface area contributed by atoms with E-state index in [9.17, 15) is 13.6 Å². The Kier molecular flexibility index (Phi) is 5.28. The van der Waals surface area contributed by atoms with Gasteiger partial charge in [-0.3, -0.25) is 9.69 Å². The van der Waals surface area contributed by atoms with Crippen LogP contribution in [-0.4, -0.2) is 43.0 Å². The van der Waals surface area contributed by atoms with E-state index in [1.807, 2.05) is 25.1 Å². The van der Waals surface area contributed by atoms with Crippen LogP contribution in [0.15, 0.2) is 48.5 Å². The Hall–Kier alpha value is -2.47. The highest BCUT2D eigenvalue weighted by molar-refractivity contribution is 5.94. The molecule has 0 aliphatic carbocycles. The second-order valence-corrected chi connectivity index (χ2v) is 6.15. The molecular weight excluding hydrogens is 324 g/mol. The molecule has 25 heavy (non-hydrogen) atoms. The average molecular weight is 345 g/mol. The van der Waals surface area contributed by atoms with Crippen LogP contribution < -0.4 is 10.2 Å². The lowest BCUT2D eigenvalue weighted by Gasteiger charge is -2.38. The maximum absolute atomic E-state index is 13.2. The van der Waals surface area contributed by atoms with Crippen LogP contribution >= 0.6 is 0 Å². The molecule has 1 aliphatic heterocycles. The molecule has 1 amide bonds. The van der Waals surface area contributed by atoms with Crippen LogP contribution in [-0.2, 0) is 4.79 Å². The summed E-state index contributed by atoms with van der Waals surface area (Å²) in [7, 11) is 0. The number of piperazine rings is 1. The summed E-state index contributed by atoms with van der Waals surface area (Å²) < 4.78 is 26.2. The van der Waals surface area contributed by atoms with E-state index < -0.39 is 11.6 Å². The van der Waals surface area contributed by atoms with Gasteiger partial charge in [-0.1, -0.05) is 18.2 Å². The molecule has 0 unspecified atom stereocenters. The van der Waals surface area contributed by atoms with Gasteiger partial charge in [0.05, 0.1) is 6.04 Å². The number of nitrogens with zero attached hydrogens (tertiary/aromatic N) is 2. The topological polar surface area (TPSA) is 35.6 Å². The molecule has 1 aliphatic rings. The first-order valence-corrected chi connectivity index (χ1v) is 8.34. The van der Waals surface area contributed by atoms with Gasteiger partial charge in [0, 0.05) is 43.6 Å². The third-order valence-corrected chi connectivity index (χ3v) is 4.55. The lowest BCUT2D eigenvalue weighted by molar-refractivity contribution is -0.120. The molecule has 0 saturated carbocycles. The van der Waals surface area contributed by atoms with Crippen molar-refractivity contribution in [1.29, 1.82) is 0 Å². The molecule has 4 nitrogen and oxygen atoms in total. The first-order valence-electron chi connectivity index (χ1n) is 8.34. The van der Waals surface area contributed by atoms with Crippen LogP contribution in [0.25, 0.3) is 0 Å². The van der Waals surface area contributed by atoms with Crippen LogP contribution in [0.5, 0.6) is 0 Å². The molecule has 0 aromatic heterocycles. The van der Waals surface area contributed by atoms with Gasteiger partial charge in [0.25, 0.3) is 0 Å². The molecule has 1 saturated heterocycles. The minimum absolute atomic E-state index is 0.223. The van der Waals surface area contributed by atoms with Crippen molar-refractivity contribution in [2.24, 2.45) is 0 Å². The van der Waals surface area contributed by atoms with E-state index >= 15 is 0 Å². The van der Waals surface area contributed by atoms with Gasteiger partial charge in [-0.2, -0.15) is 0 Å². The van der Waals surface area contributed by atoms with Gasteiger partial charge in [0.2, 0.25) is 5.91 Å². The Morgan fingerprint density at radius 2 is 1.68 bits per heavy atom. The van der Waals surface area contributed by atoms with Crippen molar-refractivity contribution in [1.82, 2.24) is 4.90 Å². The lowest BCUT2D eigenvalue weighted by atomic mass is 10.2. The standard InChI is InChI=1S/C19H21F2N3O/c1-14(19(25)22-15-7-8-17(20)18(21)13-15)23-9-11-24(12-10-23)16-5-3-2-4-6-16/h2-8,13-14H,9-12H2,1H3,(H,22,25)/t14-/m0/s1. The molecule has 0 bridgehead atoms. The van der Waals surface area contributed by atoms with Gasteiger partial charge in [-0.25, -0.2) is 8.78 Å². The highest BCUT2D eigenvalue weighted by Gasteiger charge is 2.25. The van der Waals surface area contributed by atoms with Gasteiger partial charge in [0.1, 0.15) is 0 Å². The fraction of sp³-hybridized carbons (Fsp3) is 0.316. The number of nitrogens with one attached hydrogen (secondary N) is 1. The van der Waals surface area contributed by atoms with Gasteiger partial charge < -0.3 is 10.2 Å². The maximum atomic E-state index is 13.2. The number of rotatable bonds is 4. The van der Waals surface area contributed by atoms with Crippen molar-refractivity contribution in [3.05, 3.63) is 60.2 Å². The molecule has 132 valence electrons. The normalized spacial score (nSPS) is 16.5. The van der Waals surface area contributed by atoms with Gasteiger partial charge in [0.15, 0.2) is 11.6 Å². The molecule has 1 N–H and O–H groups in total. The lowest BCUT2D eigenvalue weighted by Crippen LogP contribution is -2.52. The van der Waals surface area contributed by atoms with Crippen LogP contribution in [0.4, 0.5) is 20.2 Å².